The van der Waals surface area contributed by atoms with Gasteiger partial charge in [0.25, 0.3) is 0 Å². The first-order valence-corrected chi connectivity index (χ1v) is 8.04. The lowest BCUT2D eigenvalue weighted by Gasteiger charge is -2.27. The van der Waals surface area contributed by atoms with Crippen LogP contribution < -0.4 is 4.72 Å². The van der Waals surface area contributed by atoms with Crippen LogP contribution >= 0.6 is 0 Å². The number of nitrogens with zero attached hydrogens (tertiary/aromatic N) is 1. The molecule has 2 fully saturated rings. The molecular formula is C12H21FN2O3S. The molecule has 19 heavy (non-hydrogen) atoms. The molecule has 1 N–H and O–H groups in total. The highest BCUT2D eigenvalue weighted by atomic mass is 32.2. The minimum absolute atomic E-state index is 0.156. The van der Waals surface area contributed by atoms with Crippen molar-refractivity contribution in [3.8, 4) is 0 Å². The summed E-state index contributed by atoms with van der Waals surface area (Å²) in [4.78, 5) is 1.79. The number of sulfonamides is 1. The van der Waals surface area contributed by atoms with E-state index >= 15 is 0 Å². The predicted octanol–water partition coefficient (Wildman–Crippen LogP) is 0.846. The maximum absolute atomic E-state index is 14.0. The van der Waals surface area contributed by atoms with Crippen molar-refractivity contribution in [3.63, 3.8) is 0 Å². The normalized spacial score (nSPS) is 27.8. The molecule has 0 amide bonds. The van der Waals surface area contributed by atoms with Crippen molar-refractivity contribution < 1.29 is 17.5 Å². The van der Waals surface area contributed by atoms with E-state index in [9.17, 15) is 12.8 Å². The van der Waals surface area contributed by atoms with Crippen LogP contribution in [0.5, 0.6) is 0 Å². The molecule has 1 unspecified atom stereocenters. The molecule has 7 heteroatoms. The van der Waals surface area contributed by atoms with E-state index < -0.39 is 15.3 Å². The standard InChI is InChI=1S/C12H21FN2O3S/c1-8(2)12(13)11-4-9(5-15(11)3)14-19(16,17)10-6-18-7-10/h8-10,14H,4-7H2,1-3H3/b12-11+. The Balaban J connectivity index is 2.03. The van der Waals surface area contributed by atoms with Crippen molar-refractivity contribution in [2.75, 3.05) is 26.8 Å². The molecule has 0 aromatic heterocycles. The molecule has 2 aliphatic heterocycles. The fraction of sp³-hybridized carbons (Fsp3) is 0.833. The van der Waals surface area contributed by atoms with E-state index in [1.807, 2.05) is 0 Å². The highest BCUT2D eigenvalue weighted by molar-refractivity contribution is 7.90. The Kier molecular flexibility index (Phi) is 4.17. The third kappa shape index (κ3) is 3.09. The van der Waals surface area contributed by atoms with Gasteiger partial charge in [-0.05, 0) is 0 Å². The number of halogens is 1. The van der Waals surface area contributed by atoms with Crippen molar-refractivity contribution >= 4 is 10.0 Å². The van der Waals surface area contributed by atoms with Crippen molar-refractivity contribution in [2.45, 2.75) is 31.6 Å². The molecule has 2 saturated heterocycles. The highest BCUT2D eigenvalue weighted by Gasteiger charge is 2.37. The second-order valence-corrected chi connectivity index (χ2v) is 7.55. The maximum Gasteiger partial charge on any atom is 0.219 e. The zero-order chi connectivity index (χ0) is 14.2. The fourth-order valence-corrected chi connectivity index (χ4v) is 3.67. The van der Waals surface area contributed by atoms with E-state index in [2.05, 4.69) is 4.72 Å². The summed E-state index contributed by atoms with van der Waals surface area (Å²) in [5.41, 5.74) is 0.604. The van der Waals surface area contributed by atoms with Crippen LogP contribution in [0.1, 0.15) is 20.3 Å². The van der Waals surface area contributed by atoms with Crippen LogP contribution in [0.2, 0.25) is 0 Å². The Morgan fingerprint density at radius 3 is 2.58 bits per heavy atom. The van der Waals surface area contributed by atoms with Crippen LogP contribution in [-0.2, 0) is 14.8 Å². The second kappa shape index (κ2) is 5.38. The summed E-state index contributed by atoms with van der Waals surface area (Å²) in [6.45, 7) is 4.59. The second-order valence-electron chi connectivity index (χ2n) is 5.55. The zero-order valence-electron chi connectivity index (χ0n) is 11.5. The van der Waals surface area contributed by atoms with Gasteiger partial charge in [0.1, 0.15) is 11.1 Å². The molecule has 0 saturated carbocycles. The number of ether oxygens (including phenoxy) is 1. The van der Waals surface area contributed by atoms with Crippen LogP contribution in [0, 0.1) is 5.92 Å². The molecule has 2 aliphatic rings. The van der Waals surface area contributed by atoms with Gasteiger partial charge in [-0.1, -0.05) is 13.8 Å². The van der Waals surface area contributed by atoms with Gasteiger partial charge in [-0.15, -0.1) is 0 Å². The van der Waals surface area contributed by atoms with Crippen LogP contribution in [-0.4, -0.2) is 51.4 Å². The summed E-state index contributed by atoms with van der Waals surface area (Å²) in [6, 6.07) is -0.255. The molecule has 2 heterocycles. The summed E-state index contributed by atoms with van der Waals surface area (Å²) in [5, 5.41) is -0.458. The number of allylic oxidation sites excluding steroid dienone is 1. The van der Waals surface area contributed by atoms with Crippen molar-refractivity contribution in [2.24, 2.45) is 5.92 Å². The summed E-state index contributed by atoms with van der Waals surface area (Å²) in [5.74, 6) is -0.330. The number of hydrogen-bond acceptors (Lipinski definition) is 4. The third-order valence-corrected chi connectivity index (χ3v) is 5.37. The van der Waals surface area contributed by atoms with E-state index in [-0.39, 0.29) is 31.0 Å². The van der Waals surface area contributed by atoms with Gasteiger partial charge in [-0.3, -0.25) is 0 Å². The summed E-state index contributed by atoms with van der Waals surface area (Å²) < 4.78 is 45.5. The molecule has 5 nitrogen and oxygen atoms in total. The number of likely N-dealkylation sites (N-methyl/N-ethyl adjacent to an activating group) is 1. The van der Waals surface area contributed by atoms with Crippen LogP contribution in [0.25, 0.3) is 0 Å². The first kappa shape index (κ1) is 14.7. The van der Waals surface area contributed by atoms with E-state index in [0.717, 1.165) is 0 Å². The molecule has 0 spiro atoms. The summed E-state index contributed by atoms with van der Waals surface area (Å²) in [6.07, 6.45) is 0.410. The predicted molar refractivity (Wildman–Crippen MR) is 70.7 cm³/mol. The molecular weight excluding hydrogens is 271 g/mol. The van der Waals surface area contributed by atoms with Gasteiger partial charge in [0, 0.05) is 37.7 Å². The number of likely N-dealkylation sites (tertiary alicyclic amines) is 1. The third-order valence-electron chi connectivity index (χ3n) is 3.55. The van der Waals surface area contributed by atoms with Crippen LogP contribution in [0.15, 0.2) is 11.5 Å². The topological polar surface area (TPSA) is 58.6 Å². The molecule has 0 radical (unpaired) electrons. The smallest absolute Gasteiger partial charge is 0.219 e. The van der Waals surface area contributed by atoms with Crippen molar-refractivity contribution in [1.29, 1.82) is 0 Å². The van der Waals surface area contributed by atoms with Gasteiger partial charge >= 0.3 is 0 Å². The first-order valence-electron chi connectivity index (χ1n) is 6.50. The van der Waals surface area contributed by atoms with Crippen LogP contribution in [0.3, 0.4) is 0 Å². The Morgan fingerprint density at radius 1 is 1.47 bits per heavy atom. The largest absolute Gasteiger partial charge is 0.378 e. The Hall–Kier alpha value is -0.660. The van der Waals surface area contributed by atoms with Gasteiger partial charge in [-0.2, -0.15) is 0 Å². The van der Waals surface area contributed by atoms with Gasteiger partial charge in [0.05, 0.1) is 13.2 Å². The molecule has 2 rings (SSSR count). The summed E-state index contributed by atoms with van der Waals surface area (Å²) in [7, 11) is -1.56. The zero-order valence-corrected chi connectivity index (χ0v) is 12.3. The quantitative estimate of drug-likeness (QED) is 0.834. The molecule has 0 aromatic carbocycles. The lowest BCUT2D eigenvalue weighted by atomic mass is 10.1. The fourth-order valence-electron chi connectivity index (χ4n) is 2.31. The lowest BCUT2D eigenvalue weighted by Crippen LogP contribution is -2.50. The molecule has 1 atom stereocenters. The highest BCUT2D eigenvalue weighted by Crippen LogP contribution is 2.28. The van der Waals surface area contributed by atoms with Gasteiger partial charge < -0.3 is 9.64 Å². The number of hydrogen-bond donors (Lipinski definition) is 1. The molecule has 0 aromatic rings. The minimum Gasteiger partial charge on any atom is -0.378 e. The number of nitrogens with one attached hydrogen (secondary N) is 1. The molecule has 0 aliphatic carbocycles. The monoisotopic (exact) mass is 292 g/mol. The Labute approximate surface area is 113 Å². The average Bonchev–Trinajstić information content (AvgIpc) is 2.53. The number of rotatable bonds is 4. The minimum atomic E-state index is -3.35. The average molecular weight is 292 g/mol. The van der Waals surface area contributed by atoms with Crippen LogP contribution in [0.4, 0.5) is 4.39 Å². The summed E-state index contributed by atoms with van der Waals surface area (Å²) >= 11 is 0. The van der Waals surface area contributed by atoms with Gasteiger partial charge in [0.15, 0.2) is 0 Å². The molecule has 110 valence electrons. The first-order chi connectivity index (χ1) is 8.81. The maximum atomic E-state index is 14.0. The van der Waals surface area contributed by atoms with E-state index in [4.69, 9.17) is 4.74 Å². The van der Waals surface area contributed by atoms with E-state index in [1.165, 1.54) is 0 Å². The SMILES string of the molecule is CC(C)/C(F)=C1/CC(NS(=O)(=O)C2COC2)CN1C. The van der Waals surface area contributed by atoms with Crippen molar-refractivity contribution in [1.82, 2.24) is 9.62 Å². The lowest BCUT2D eigenvalue weighted by molar-refractivity contribution is 0.0410. The Bertz CT molecular complexity index is 471. The molecule has 0 bridgehead atoms. The van der Waals surface area contributed by atoms with E-state index in [1.54, 1.807) is 25.8 Å². The van der Waals surface area contributed by atoms with Gasteiger partial charge in [0.2, 0.25) is 10.0 Å². The van der Waals surface area contributed by atoms with Crippen molar-refractivity contribution in [3.05, 3.63) is 11.5 Å². The Morgan fingerprint density at radius 2 is 2.11 bits per heavy atom. The van der Waals surface area contributed by atoms with Gasteiger partial charge in [-0.25, -0.2) is 17.5 Å². The van der Waals surface area contributed by atoms with E-state index in [0.29, 0.717) is 18.7 Å².